The maximum atomic E-state index is 12.8. The van der Waals surface area contributed by atoms with Crippen molar-refractivity contribution in [1.82, 2.24) is 14.9 Å². The standard InChI is InChI=1S/C16H26N4O/c1-4-17-13-11-18-15(12(2)3)19-14(13)16(21)20-9-7-5-6-8-10-20/h11-12,17H,4-10H2,1-3H3. The molecule has 1 aliphatic heterocycles. The van der Waals surface area contributed by atoms with Gasteiger partial charge in [0, 0.05) is 25.6 Å². The Balaban J connectivity index is 2.29. The van der Waals surface area contributed by atoms with Crippen molar-refractivity contribution in [3.8, 4) is 0 Å². The Labute approximate surface area is 127 Å². The van der Waals surface area contributed by atoms with E-state index in [2.05, 4.69) is 15.3 Å². The van der Waals surface area contributed by atoms with E-state index in [-0.39, 0.29) is 11.8 Å². The van der Waals surface area contributed by atoms with Gasteiger partial charge in [0.2, 0.25) is 0 Å². The van der Waals surface area contributed by atoms with Crippen molar-refractivity contribution in [2.75, 3.05) is 25.0 Å². The number of hydrogen-bond acceptors (Lipinski definition) is 4. The molecular weight excluding hydrogens is 264 g/mol. The van der Waals surface area contributed by atoms with E-state index in [0.717, 1.165) is 44.0 Å². The zero-order valence-corrected chi connectivity index (χ0v) is 13.4. The van der Waals surface area contributed by atoms with Gasteiger partial charge in [0.25, 0.3) is 5.91 Å². The summed E-state index contributed by atoms with van der Waals surface area (Å²) in [6.07, 6.45) is 6.35. The lowest BCUT2D eigenvalue weighted by Crippen LogP contribution is -2.33. The van der Waals surface area contributed by atoms with E-state index < -0.39 is 0 Å². The number of anilines is 1. The average Bonchev–Trinajstić information content (AvgIpc) is 2.76. The van der Waals surface area contributed by atoms with E-state index in [1.165, 1.54) is 12.8 Å². The summed E-state index contributed by atoms with van der Waals surface area (Å²) < 4.78 is 0. The van der Waals surface area contributed by atoms with Gasteiger partial charge in [-0.1, -0.05) is 26.7 Å². The summed E-state index contributed by atoms with van der Waals surface area (Å²) in [4.78, 5) is 23.7. The maximum Gasteiger partial charge on any atom is 0.274 e. The largest absolute Gasteiger partial charge is 0.382 e. The third-order valence-corrected chi connectivity index (χ3v) is 3.79. The maximum absolute atomic E-state index is 12.8. The SMILES string of the molecule is CCNc1cnc(C(C)C)nc1C(=O)N1CCCCCC1. The summed E-state index contributed by atoms with van der Waals surface area (Å²) in [6, 6.07) is 0. The van der Waals surface area contributed by atoms with Gasteiger partial charge in [-0.3, -0.25) is 4.79 Å². The Morgan fingerprint density at radius 1 is 1.29 bits per heavy atom. The molecule has 0 aromatic carbocycles. The highest BCUT2D eigenvalue weighted by atomic mass is 16.2. The van der Waals surface area contributed by atoms with Crippen molar-refractivity contribution in [2.24, 2.45) is 0 Å². The first-order valence-corrected chi connectivity index (χ1v) is 8.03. The third-order valence-electron chi connectivity index (χ3n) is 3.79. The molecule has 1 aliphatic rings. The van der Waals surface area contributed by atoms with Gasteiger partial charge in [0.1, 0.15) is 5.82 Å². The van der Waals surface area contributed by atoms with Crippen molar-refractivity contribution >= 4 is 11.6 Å². The number of rotatable bonds is 4. The molecule has 2 heterocycles. The van der Waals surface area contributed by atoms with Gasteiger partial charge in [0.15, 0.2) is 5.69 Å². The number of hydrogen-bond donors (Lipinski definition) is 1. The first kappa shape index (κ1) is 15.7. The number of nitrogens with zero attached hydrogens (tertiary/aromatic N) is 3. The molecule has 0 bridgehead atoms. The van der Waals surface area contributed by atoms with Crippen LogP contribution in [0.5, 0.6) is 0 Å². The van der Waals surface area contributed by atoms with Crippen LogP contribution in [-0.2, 0) is 0 Å². The predicted octanol–water partition coefficient (Wildman–Crippen LogP) is 3.05. The van der Waals surface area contributed by atoms with Gasteiger partial charge in [0.05, 0.1) is 11.9 Å². The van der Waals surface area contributed by atoms with E-state index in [1.807, 2.05) is 25.7 Å². The molecule has 0 unspecified atom stereocenters. The quantitative estimate of drug-likeness (QED) is 0.926. The molecule has 1 N–H and O–H groups in total. The van der Waals surface area contributed by atoms with Crippen LogP contribution in [0.15, 0.2) is 6.20 Å². The highest BCUT2D eigenvalue weighted by Crippen LogP contribution is 2.20. The van der Waals surface area contributed by atoms with E-state index in [4.69, 9.17) is 0 Å². The lowest BCUT2D eigenvalue weighted by molar-refractivity contribution is 0.0756. The minimum absolute atomic E-state index is 0.0390. The topological polar surface area (TPSA) is 58.1 Å². The van der Waals surface area contributed by atoms with Gasteiger partial charge in [-0.15, -0.1) is 0 Å². The molecule has 2 rings (SSSR count). The fourth-order valence-corrected chi connectivity index (χ4v) is 2.58. The molecule has 0 radical (unpaired) electrons. The Bertz CT molecular complexity index is 479. The summed E-state index contributed by atoms with van der Waals surface area (Å²) in [7, 11) is 0. The fraction of sp³-hybridized carbons (Fsp3) is 0.688. The highest BCUT2D eigenvalue weighted by molar-refractivity contribution is 5.97. The van der Waals surface area contributed by atoms with Gasteiger partial charge in [-0.05, 0) is 19.8 Å². The molecule has 1 aromatic heterocycles. The second-order valence-electron chi connectivity index (χ2n) is 5.88. The molecule has 1 fully saturated rings. The molecule has 5 nitrogen and oxygen atoms in total. The minimum Gasteiger partial charge on any atom is -0.382 e. The fourth-order valence-electron chi connectivity index (χ4n) is 2.58. The molecule has 0 atom stereocenters. The van der Waals surface area contributed by atoms with Gasteiger partial charge in [-0.2, -0.15) is 0 Å². The normalized spacial score (nSPS) is 15.9. The molecular formula is C16H26N4O. The van der Waals surface area contributed by atoms with E-state index >= 15 is 0 Å². The van der Waals surface area contributed by atoms with Crippen LogP contribution in [0, 0.1) is 0 Å². The second kappa shape index (κ2) is 7.38. The van der Waals surface area contributed by atoms with Crippen LogP contribution in [-0.4, -0.2) is 40.4 Å². The van der Waals surface area contributed by atoms with Crippen molar-refractivity contribution < 1.29 is 4.79 Å². The zero-order valence-electron chi connectivity index (χ0n) is 13.4. The molecule has 5 heteroatoms. The summed E-state index contributed by atoms with van der Waals surface area (Å²) in [5.74, 6) is 0.989. The monoisotopic (exact) mass is 290 g/mol. The summed E-state index contributed by atoms with van der Waals surface area (Å²) in [5, 5.41) is 3.21. The first-order chi connectivity index (χ1) is 10.1. The third kappa shape index (κ3) is 3.93. The van der Waals surface area contributed by atoms with Crippen LogP contribution in [0.4, 0.5) is 5.69 Å². The molecule has 21 heavy (non-hydrogen) atoms. The first-order valence-electron chi connectivity index (χ1n) is 8.03. The Morgan fingerprint density at radius 2 is 1.95 bits per heavy atom. The summed E-state index contributed by atoms with van der Waals surface area (Å²) in [5.41, 5.74) is 1.27. The van der Waals surface area contributed by atoms with E-state index in [9.17, 15) is 4.79 Å². The molecule has 116 valence electrons. The smallest absolute Gasteiger partial charge is 0.274 e. The number of likely N-dealkylation sites (tertiary alicyclic amines) is 1. The average molecular weight is 290 g/mol. The van der Waals surface area contributed by atoms with Crippen molar-refractivity contribution in [3.05, 3.63) is 17.7 Å². The van der Waals surface area contributed by atoms with Crippen LogP contribution in [0.3, 0.4) is 0 Å². The molecule has 1 amide bonds. The number of nitrogens with one attached hydrogen (secondary N) is 1. The summed E-state index contributed by atoms with van der Waals surface area (Å²) >= 11 is 0. The predicted molar refractivity (Wildman–Crippen MR) is 84.7 cm³/mol. The molecule has 0 spiro atoms. The van der Waals surface area contributed by atoms with Crippen LogP contribution >= 0.6 is 0 Å². The second-order valence-corrected chi connectivity index (χ2v) is 5.88. The van der Waals surface area contributed by atoms with Gasteiger partial charge in [-0.25, -0.2) is 9.97 Å². The summed E-state index contributed by atoms with van der Waals surface area (Å²) in [6.45, 7) is 8.53. The number of amides is 1. The van der Waals surface area contributed by atoms with Crippen molar-refractivity contribution in [2.45, 2.75) is 52.4 Å². The molecule has 1 saturated heterocycles. The number of carbonyl (C=O) groups excluding carboxylic acids is 1. The highest BCUT2D eigenvalue weighted by Gasteiger charge is 2.22. The van der Waals surface area contributed by atoms with Crippen LogP contribution < -0.4 is 5.32 Å². The molecule has 1 aromatic rings. The number of aromatic nitrogens is 2. The Kier molecular flexibility index (Phi) is 5.53. The number of carbonyl (C=O) groups is 1. The van der Waals surface area contributed by atoms with Crippen LogP contribution in [0.2, 0.25) is 0 Å². The Morgan fingerprint density at radius 3 is 2.52 bits per heavy atom. The van der Waals surface area contributed by atoms with Gasteiger partial charge < -0.3 is 10.2 Å². The Hall–Kier alpha value is -1.65. The van der Waals surface area contributed by atoms with Crippen LogP contribution in [0.1, 0.15) is 68.7 Å². The van der Waals surface area contributed by atoms with Gasteiger partial charge >= 0.3 is 0 Å². The zero-order chi connectivity index (χ0) is 15.2. The minimum atomic E-state index is 0.0390. The van der Waals surface area contributed by atoms with E-state index in [1.54, 1.807) is 6.20 Å². The van der Waals surface area contributed by atoms with Crippen LogP contribution in [0.25, 0.3) is 0 Å². The lowest BCUT2D eigenvalue weighted by atomic mass is 10.2. The van der Waals surface area contributed by atoms with E-state index in [0.29, 0.717) is 5.69 Å². The molecule has 0 aliphatic carbocycles. The van der Waals surface area contributed by atoms with Crippen molar-refractivity contribution in [3.63, 3.8) is 0 Å². The van der Waals surface area contributed by atoms with Crippen molar-refractivity contribution in [1.29, 1.82) is 0 Å². The lowest BCUT2D eigenvalue weighted by Gasteiger charge is -2.21. The molecule has 0 saturated carbocycles.